The molecule has 0 saturated carbocycles. The first-order chi connectivity index (χ1) is 8.60. The minimum absolute atomic E-state index is 0.458. The predicted octanol–water partition coefficient (Wildman–Crippen LogP) is 2.53. The minimum Gasteiger partial charge on any atom is -0.487 e. The van der Waals surface area contributed by atoms with Crippen molar-refractivity contribution in [1.29, 1.82) is 0 Å². The molecule has 5 heteroatoms. The molecule has 0 aliphatic heterocycles. The molecule has 0 aliphatic carbocycles. The maximum atomic E-state index is 5.80. The molecule has 0 amide bonds. The van der Waals surface area contributed by atoms with Gasteiger partial charge in [0.1, 0.15) is 12.4 Å². The lowest BCUT2D eigenvalue weighted by Crippen LogP contribution is -2.06. The van der Waals surface area contributed by atoms with E-state index in [1.807, 2.05) is 42.9 Å². The molecule has 0 bridgehead atoms. The number of hydrogen-bond acceptors (Lipinski definition) is 3. The van der Waals surface area contributed by atoms with Gasteiger partial charge in [0.2, 0.25) is 0 Å². The van der Waals surface area contributed by atoms with Crippen molar-refractivity contribution in [3.05, 3.63) is 45.7 Å². The molecule has 0 unspecified atom stereocenters. The summed E-state index contributed by atoms with van der Waals surface area (Å²) in [6.07, 6.45) is 0. The van der Waals surface area contributed by atoms with Gasteiger partial charge in [-0.25, -0.2) is 0 Å². The van der Waals surface area contributed by atoms with Crippen molar-refractivity contribution in [2.75, 3.05) is 0 Å². The first kappa shape index (κ1) is 13.1. The standard InChI is InChI=1S/C13H16BrN3O/c1-9-5-12(17(2)16-9)8-18-13-4-3-11(14)6-10(13)7-15/h3-6H,7-8,15H2,1-2H3. The summed E-state index contributed by atoms with van der Waals surface area (Å²) < 4.78 is 8.64. The van der Waals surface area contributed by atoms with Crippen LogP contribution in [0.1, 0.15) is 17.0 Å². The van der Waals surface area contributed by atoms with E-state index in [0.29, 0.717) is 13.2 Å². The number of ether oxygens (including phenoxy) is 1. The summed E-state index contributed by atoms with van der Waals surface area (Å²) in [5, 5.41) is 4.28. The summed E-state index contributed by atoms with van der Waals surface area (Å²) in [6.45, 7) is 2.92. The summed E-state index contributed by atoms with van der Waals surface area (Å²) in [5.74, 6) is 0.819. The van der Waals surface area contributed by atoms with E-state index < -0.39 is 0 Å². The molecule has 0 saturated heterocycles. The quantitative estimate of drug-likeness (QED) is 0.944. The molecule has 18 heavy (non-hydrogen) atoms. The van der Waals surface area contributed by atoms with Crippen LogP contribution in [0.2, 0.25) is 0 Å². The molecule has 96 valence electrons. The zero-order chi connectivity index (χ0) is 13.1. The molecule has 1 aromatic heterocycles. The second-order valence-electron chi connectivity index (χ2n) is 4.15. The number of benzene rings is 1. The highest BCUT2D eigenvalue weighted by Crippen LogP contribution is 2.23. The third kappa shape index (κ3) is 2.91. The van der Waals surface area contributed by atoms with E-state index in [-0.39, 0.29) is 0 Å². The van der Waals surface area contributed by atoms with Crippen molar-refractivity contribution < 1.29 is 4.74 Å². The Morgan fingerprint density at radius 3 is 2.78 bits per heavy atom. The number of nitrogens with zero attached hydrogens (tertiary/aromatic N) is 2. The number of hydrogen-bond donors (Lipinski definition) is 1. The van der Waals surface area contributed by atoms with Crippen LogP contribution in [0.15, 0.2) is 28.7 Å². The van der Waals surface area contributed by atoms with Crippen LogP contribution in [-0.4, -0.2) is 9.78 Å². The van der Waals surface area contributed by atoms with Gasteiger partial charge in [0.15, 0.2) is 0 Å². The van der Waals surface area contributed by atoms with E-state index in [2.05, 4.69) is 21.0 Å². The number of rotatable bonds is 4. The fraction of sp³-hybridized carbons (Fsp3) is 0.308. The molecule has 0 aliphatic rings. The van der Waals surface area contributed by atoms with E-state index in [1.165, 1.54) is 0 Å². The topological polar surface area (TPSA) is 53.1 Å². The molecule has 0 atom stereocenters. The van der Waals surface area contributed by atoms with E-state index in [0.717, 1.165) is 27.2 Å². The molecule has 2 rings (SSSR count). The summed E-state index contributed by atoms with van der Waals surface area (Å²) in [5.41, 5.74) is 8.73. The predicted molar refractivity (Wildman–Crippen MR) is 74.3 cm³/mol. The van der Waals surface area contributed by atoms with Crippen molar-refractivity contribution >= 4 is 15.9 Å². The molecule has 4 nitrogen and oxygen atoms in total. The fourth-order valence-electron chi connectivity index (χ4n) is 1.80. The largest absolute Gasteiger partial charge is 0.487 e. The Morgan fingerprint density at radius 2 is 2.17 bits per heavy atom. The smallest absolute Gasteiger partial charge is 0.130 e. The van der Waals surface area contributed by atoms with Crippen LogP contribution in [-0.2, 0) is 20.2 Å². The third-order valence-corrected chi connectivity index (χ3v) is 3.21. The summed E-state index contributed by atoms with van der Waals surface area (Å²) in [4.78, 5) is 0. The summed E-state index contributed by atoms with van der Waals surface area (Å²) >= 11 is 3.42. The zero-order valence-corrected chi connectivity index (χ0v) is 12.1. The molecule has 1 heterocycles. The molecular weight excluding hydrogens is 294 g/mol. The van der Waals surface area contributed by atoms with Crippen molar-refractivity contribution in [2.45, 2.75) is 20.1 Å². The monoisotopic (exact) mass is 309 g/mol. The lowest BCUT2D eigenvalue weighted by molar-refractivity contribution is 0.292. The molecule has 0 fully saturated rings. The van der Waals surface area contributed by atoms with Crippen molar-refractivity contribution in [3.8, 4) is 5.75 Å². The van der Waals surface area contributed by atoms with Crippen LogP contribution in [0.3, 0.4) is 0 Å². The number of nitrogens with two attached hydrogens (primary N) is 1. The Balaban J connectivity index is 2.13. The summed E-state index contributed by atoms with van der Waals surface area (Å²) in [6, 6.07) is 7.86. The van der Waals surface area contributed by atoms with E-state index in [9.17, 15) is 0 Å². The normalized spacial score (nSPS) is 10.7. The Hall–Kier alpha value is -1.33. The lowest BCUT2D eigenvalue weighted by Gasteiger charge is -2.10. The van der Waals surface area contributed by atoms with Crippen molar-refractivity contribution in [1.82, 2.24) is 9.78 Å². The van der Waals surface area contributed by atoms with Gasteiger partial charge >= 0.3 is 0 Å². The highest BCUT2D eigenvalue weighted by molar-refractivity contribution is 9.10. The highest BCUT2D eigenvalue weighted by Gasteiger charge is 2.06. The van der Waals surface area contributed by atoms with E-state index in [1.54, 1.807) is 0 Å². The molecule has 2 aromatic rings. The van der Waals surface area contributed by atoms with E-state index in [4.69, 9.17) is 10.5 Å². The third-order valence-electron chi connectivity index (χ3n) is 2.72. The number of aryl methyl sites for hydroxylation is 2. The molecule has 0 spiro atoms. The fourth-order valence-corrected chi connectivity index (χ4v) is 2.21. The molecule has 0 radical (unpaired) electrons. The van der Waals surface area contributed by atoms with Crippen molar-refractivity contribution in [3.63, 3.8) is 0 Å². The highest BCUT2D eigenvalue weighted by atomic mass is 79.9. The average Bonchev–Trinajstić information content (AvgIpc) is 2.66. The van der Waals surface area contributed by atoms with Crippen LogP contribution in [0.5, 0.6) is 5.75 Å². The molecule has 2 N–H and O–H groups in total. The van der Waals surface area contributed by atoms with Crippen LogP contribution < -0.4 is 10.5 Å². The average molecular weight is 310 g/mol. The van der Waals surface area contributed by atoms with Gasteiger partial charge in [0.05, 0.1) is 11.4 Å². The maximum Gasteiger partial charge on any atom is 0.130 e. The molecule has 1 aromatic carbocycles. The van der Waals surface area contributed by atoms with Gasteiger partial charge in [-0.1, -0.05) is 15.9 Å². The second-order valence-corrected chi connectivity index (χ2v) is 5.06. The molecular formula is C13H16BrN3O. The Kier molecular flexibility index (Phi) is 4.04. The Morgan fingerprint density at radius 1 is 1.39 bits per heavy atom. The van der Waals surface area contributed by atoms with Crippen LogP contribution in [0.25, 0.3) is 0 Å². The van der Waals surface area contributed by atoms with Crippen LogP contribution in [0.4, 0.5) is 0 Å². The van der Waals surface area contributed by atoms with Gasteiger partial charge in [-0.3, -0.25) is 4.68 Å². The van der Waals surface area contributed by atoms with Gasteiger partial charge in [0.25, 0.3) is 0 Å². The van der Waals surface area contributed by atoms with Crippen molar-refractivity contribution in [2.24, 2.45) is 12.8 Å². The first-order valence-corrected chi connectivity index (χ1v) is 6.50. The van der Waals surface area contributed by atoms with Crippen LogP contribution >= 0.6 is 15.9 Å². The van der Waals surface area contributed by atoms with Gasteiger partial charge in [-0.15, -0.1) is 0 Å². The maximum absolute atomic E-state index is 5.80. The van der Waals surface area contributed by atoms with Gasteiger partial charge in [-0.2, -0.15) is 5.10 Å². The summed E-state index contributed by atoms with van der Waals surface area (Å²) in [7, 11) is 1.91. The zero-order valence-electron chi connectivity index (χ0n) is 10.5. The Labute approximate surface area is 115 Å². The SMILES string of the molecule is Cc1cc(COc2ccc(Br)cc2CN)n(C)n1. The number of aromatic nitrogens is 2. The van der Waals surface area contributed by atoms with Gasteiger partial charge in [0, 0.05) is 23.6 Å². The second kappa shape index (κ2) is 5.54. The van der Waals surface area contributed by atoms with Gasteiger partial charge < -0.3 is 10.5 Å². The van der Waals surface area contributed by atoms with Gasteiger partial charge in [-0.05, 0) is 31.2 Å². The van der Waals surface area contributed by atoms with E-state index >= 15 is 0 Å². The Bertz CT molecular complexity index is 551. The first-order valence-electron chi connectivity index (χ1n) is 5.71. The van der Waals surface area contributed by atoms with Crippen LogP contribution in [0, 0.1) is 6.92 Å². The minimum atomic E-state index is 0.458. The number of halogens is 1. The lowest BCUT2D eigenvalue weighted by atomic mass is 10.2.